The monoisotopic (exact) mass is 374 g/mol. The standard InChI is InChI=1S/C19H22N2O4S/c1-13(2)12-20-19(23)16-7-5-9-18(11-16)26(24,25)21-17-8-4-6-15(10-17)14(3)22/h4-11,13,21H,12H2,1-3H3,(H,20,23). The van der Waals surface area contributed by atoms with Gasteiger partial charge in [0.25, 0.3) is 15.9 Å². The van der Waals surface area contributed by atoms with Crippen LogP contribution in [-0.2, 0) is 10.0 Å². The fraction of sp³-hybridized carbons (Fsp3) is 0.263. The van der Waals surface area contributed by atoms with Gasteiger partial charge >= 0.3 is 0 Å². The van der Waals surface area contributed by atoms with Gasteiger partial charge < -0.3 is 5.32 Å². The van der Waals surface area contributed by atoms with Gasteiger partial charge in [-0.2, -0.15) is 0 Å². The Kier molecular flexibility index (Phi) is 6.15. The molecule has 0 aromatic heterocycles. The Bertz CT molecular complexity index is 921. The molecule has 1 amide bonds. The van der Waals surface area contributed by atoms with Gasteiger partial charge in [0.15, 0.2) is 5.78 Å². The van der Waals surface area contributed by atoms with Gasteiger partial charge in [-0.05, 0) is 43.2 Å². The summed E-state index contributed by atoms with van der Waals surface area (Å²) in [4.78, 5) is 23.6. The van der Waals surface area contributed by atoms with Crippen LogP contribution in [0.25, 0.3) is 0 Å². The molecule has 0 spiro atoms. The lowest BCUT2D eigenvalue weighted by molar-refractivity contribution is 0.0948. The molecular formula is C19H22N2O4S. The summed E-state index contributed by atoms with van der Waals surface area (Å²) >= 11 is 0. The molecule has 0 bridgehead atoms. The first kappa shape index (κ1) is 19.7. The largest absolute Gasteiger partial charge is 0.352 e. The third-order valence-electron chi connectivity index (χ3n) is 3.60. The Hall–Kier alpha value is -2.67. The first-order chi connectivity index (χ1) is 12.2. The number of Topliss-reactive ketones (excluding diaryl/α,β-unsaturated/α-hetero) is 1. The molecule has 2 aromatic carbocycles. The molecule has 2 aromatic rings. The highest BCUT2D eigenvalue weighted by atomic mass is 32.2. The van der Waals surface area contributed by atoms with Gasteiger partial charge in [0.2, 0.25) is 0 Å². The zero-order chi connectivity index (χ0) is 19.3. The van der Waals surface area contributed by atoms with Crippen LogP contribution in [0.3, 0.4) is 0 Å². The number of sulfonamides is 1. The average Bonchev–Trinajstić information content (AvgIpc) is 2.59. The van der Waals surface area contributed by atoms with E-state index in [1.165, 1.54) is 31.2 Å². The van der Waals surface area contributed by atoms with E-state index >= 15 is 0 Å². The van der Waals surface area contributed by atoms with Gasteiger partial charge in [-0.15, -0.1) is 0 Å². The van der Waals surface area contributed by atoms with Crippen LogP contribution in [0.15, 0.2) is 53.4 Å². The molecule has 7 heteroatoms. The second-order valence-corrected chi connectivity index (χ2v) is 8.06. The molecule has 138 valence electrons. The van der Waals surface area contributed by atoms with E-state index in [-0.39, 0.29) is 27.8 Å². The summed E-state index contributed by atoms with van der Waals surface area (Å²) < 4.78 is 27.6. The number of rotatable bonds is 7. The number of hydrogen-bond acceptors (Lipinski definition) is 4. The van der Waals surface area contributed by atoms with Gasteiger partial charge in [-0.25, -0.2) is 8.42 Å². The maximum absolute atomic E-state index is 12.6. The Morgan fingerprint density at radius 3 is 2.31 bits per heavy atom. The summed E-state index contributed by atoms with van der Waals surface area (Å²) in [6.07, 6.45) is 0. The minimum atomic E-state index is -3.88. The number of ketones is 1. The lowest BCUT2D eigenvalue weighted by atomic mass is 10.1. The van der Waals surface area contributed by atoms with Gasteiger partial charge in [0.05, 0.1) is 4.90 Å². The minimum Gasteiger partial charge on any atom is -0.352 e. The molecule has 0 radical (unpaired) electrons. The fourth-order valence-corrected chi connectivity index (χ4v) is 3.31. The molecule has 0 fully saturated rings. The van der Waals surface area contributed by atoms with Crippen molar-refractivity contribution in [3.8, 4) is 0 Å². The van der Waals surface area contributed by atoms with E-state index in [0.29, 0.717) is 18.0 Å². The van der Waals surface area contributed by atoms with E-state index in [2.05, 4.69) is 10.0 Å². The number of carbonyl (C=O) groups excluding carboxylic acids is 2. The van der Waals surface area contributed by atoms with E-state index in [1.807, 2.05) is 13.8 Å². The highest BCUT2D eigenvalue weighted by Crippen LogP contribution is 2.18. The molecule has 0 saturated carbocycles. The molecule has 26 heavy (non-hydrogen) atoms. The molecule has 0 unspecified atom stereocenters. The Labute approximate surface area is 153 Å². The maximum Gasteiger partial charge on any atom is 0.261 e. The van der Waals surface area contributed by atoms with E-state index in [1.54, 1.807) is 24.3 Å². The van der Waals surface area contributed by atoms with Crippen molar-refractivity contribution in [2.24, 2.45) is 5.92 Å². The minimum absolute atomic E-state index is 0.0251. The summed E-state index contributed by atoms with van der Waals surface area (Å²) in [5.74, 6) is -0.190. The molecule has 6 nitrogen and oxygen atoms in total. The number of benzene rings is 2. The lowest BCUT2D eigenvalue weighted by Gasteiger charge is -2.11. The third kappa shape index (κ3) is 5.16. The third-order valence-corrected chi connectivity index (χ3v) is 4.98. The zero-order valence-electron chi connectivity index (χ0n) is 14.9. The number of hydrogen-bond donors (Lipinski definition) is 2. The van der Waals surface area contributed by atoms with Gasteiger partial charge in [-0.1, -0.05) is 32.0 Å². The van der Waals surface area contributed by atoms with Crippen LogP contribution in [0.2, 0.25) is 0 Å². The summed E-state index contributed by atoms with van der Waals surface area (Å²) in [5.41, 5.74) is 0.963. The van der Waals surface area contributed by atoms with Crippen molar-refractivity contribution in [3.63, 3.8) is 0 Å². The Morgan fingerprint density at radius 2 is 1.65 bits per heavy atom. The number of carbonyl (C=O) groups is 2. The molecule has 2 rings (SSSR count). The second kappa shape index (κ2) is 8.14. The quantitative estimate of drug-likeness (QED) is 0.729. The molecule has 0 heterocycles. The molecule has 0 atom stereocenters. The van der Waals surface area contributed by atoms with Crippen molar-refractivity contribution in [3.05, 3.63) is 59.7 Å². The van der Waals surface area contributed by atoms with Crippen molar-refractivity contribution >= 4 is 27.4 Å². The van der Waals surface area contributed by atoms with Crippen molar-refractivity contribution in [2.45, 2.75) is 25.7 Å². The van der Waals surface area contributed by atoms with E-state index in [4.69, 9.17) is 0 Å². The van der Waals surface area contributed by atoms with Crippen LogP contribution in [0.5, 0.6) is 0 Å². The second-order valence-electron chi connectivity index (χ2n) is 6.37. The molecular weight excluding hydrogens is 352 g/mol. The first-order valence-corrected chi connectivity index (χ1v) is 9.69. The van der Waals surface area contributed by atoms with Crippen LogP contribution in [-0.4, -0.2) is 26.7 Å². The molecule has 0 saturated heterocycles. The normalized spacial score (nSPS) is 11.2. The summed E-state index contributed by atoms with van der Waals surface area (Å²) in [5, 5.41) is 2.76. The van der Waals surface area contributed by atoms with Crippen LogP contribution in [0, 0.1) is 5.92 Å². The van der Waals surface area contributed by atoms with Crippen molar-refractivity contribution in [1.82, 2.24) is 5.32 Å². The summed E-state index contributed by atoms with van der Waals surface area (Å²) in [6, 6.07) is 12.1. The smallest absolute Gasteiger partial charge is 0.261 e. The van der Waals surface area contributed by atoms with Gasteiger partial charge in [0, 0.05) is 23.4 Å². The van der Waals surface area contributed by atoms with E-state index < -0.39 is 10.0 Å². The Balaban J connectivity index is 2.24. The average molecular weight is 374 g/mol. The van der Waals surface area contributed by atoms with Crippen molar-refractivity contribution < 1.29 is 18.0 Å². The predicted octanol–water partition coefficient (Wildman–Crippen LogP) is 3.08. The summed E-state index contributed by atoms with van der Waals surface area (Å²) in [6.45, 7) is 5.86. The SMILES string of the molecule is CC(=O)c1cccc(NS(=O)(=O)c2cccc(C(=O)NCC(C)C)c2)c1. The van der Waals surface area contributed by atoms with E-state index in [0.717, 1.165) is 0 Å². The van der Waals surface area contributed by atoms with Crippen molar-refractivity contribution in [1.29, 1.82) is 0 Å². The predicted molar refractivity (Wildman–Crippen MR) is 101 cm³/mol. The Morgan fingerprint density at radius 1 is 1.00 bits per heavy atom. The van der Waals surface area contributed by atoms with Crippen LogP contribution < -0.4 is 10.0 Å². The topological polar surface area (TPSA) is 92.3 Å². The van der Waals surface area contributed by atoms with Crippen molar-refractivity contribution in [2.75, 3.05) is 11.3 Å². The molecule has 0 aliphatic rings. The molecule has 0 aliphatic heterocycles. The van der Waals surface area contributed by atoms with E-state index in [9.17, 15) is 18.0 Å². The zero-order valence-corrected chi connectivity index (χ0v) is 15.8. The van der Waals surface area contributed by atoms with Crippen LogP contribution in [0.1, 0.15) is 41.5 Å². The highest BCUT2D eigenvalue weighted by molar-refractivity contribution is 7.92. The van der Waals surface area contributed by atoms with Gasteiger partial charge in [-0.3, -0.25) is 14.3 Å². The number of amides is 1. The lowest BCUT2D eigenvalue weighted by Crippen LogP contribution is -2.27. The van der Waals surface area contributed by atoms with Crippen LogP contribution >= 0.6 is 0 Å². The fourth-order valence-electron chi connectivity index (χ4n) is 2.22. The highest BCUT2D eigenvalue weighted by Gasteiger charge is 2.17. The maximum atomic E-state index is 12.6. The molecule has 0 aliphatic carbocycles. The molecule has 2 N–H and O–H groups in total. The summed E-state index contributed by atoms with van der Waals surface area (Å²) in [7, 11) is -3.88. The van der Waals surface area contributed by atoms with Crippen LogP contribution in [0.4, 0.5) is 5.69 Å². The van der Waals surface area contributed by atoms with Gasteiger partial charge in [0.1, 0.15) is 0 Å². The number of anilines is 1. The number of nitrogens with one attached hydrogen (secondary N) is 2. The first-order valence-electron chi connectivity index (χ1n) is 8.21.